The van der Waals surface area contributed by atoms with Crippen molar-refractivity contribution in [1.29, 1.82) is 0 Å². The number of hydrogen-bond acceptors (Lipinski definition) is 7. The molecule has 0 heterocycles. The molecule has 0 saturated carbocycles. The molecule has 0 unspecified atom stereocenters. The molecular formula is C20H18Cl2F2N2O5. The van der Waals surface area contributed by atoms with Gasteiger partial charge in [-0.2, -0.15) is 0 Å². The molecule has 0 aliphatic carbocycles. The predicted octanol–water partition coefficient (Wildman–Crippen LogP) is 4.36. The normalized spacial score (nSPS) is 12.0. The molecule has 31 heavy (non-hydrogen) atoms. The molecule has 0 radical (unpaired) electrons. The SMILES string of the molecule is COC/C(=N\OCc1c(Cl)cccc1/C(=N\OC)C(=O)OC)c1c(F)cc(Cl)cc1F. The highest BCUT2D eigenvalue weighted by atomic mass is 35.5. The molecule has 7 nitrogen and oxygen atoms in total. The Kier molecular flexibility index (Phi) is 9.17. The Morgan fingerprint density at radius 3 is 2.32 bits per heavy atom. The van der Waals surface area contributed by atoms with Crippen LogP contribution in [0.1, 0.15) is 16.7 Å². The van der Waals surface area contributed by atoms with Crippen LogP contribution in [0, 0.1) is 11.6 Å². The van der Waals surface area contributed by atoms with E-state index in [9.17, 15) is 13.6 Å². The van der Waals surface area contributed by atoms with Crippen LogP contribution in [-0.2, 0) is 30.6 Å². The van der Waals surface area contributed by atoms with Crippen LogP contribution in [0.15, 0.2) is 40.6 Å². The fourth-order valence-corrected chi connectivity index (χ4v) is 3.01. The number of hydrogen-bond donors (Lipinski definition) is 0. The number of carbonyl (C=O) groups excluding carboxylic acids is 1. The molecular weight excluding hydrogens is 457 g/mol. The summed E-state index contributed by atoms with van der Waals surface area (Å²) in [6, 6.07) is 6.59. The smallest absolute Gasteiger partial charge is 0.360 e. The van der Waals surface area contributed by atoms with Gasteiger partial charge in [-0.25, -0.2) is 13.6 Å². The highest BCUT2D eigenvalue weighted by molar-refractivity contribution is 6.44. The zero-order valence-electron chi connectivity index (χ0n) is 16.7. The Hall–Kier alpha value is -2.75. The zero-order chi connectivity index (χ0) is 23.0. The Bertz CT molecular complexity index is 992. The lowest BCUT2D eigenvalue weighted by Gasteiger charge is -2.12. The zero-order valence-corrected chi connectivity index (χ0v) is 18.3. The molecule has 0 fully saturated rings. The first-order valence-electron chi connectivity index (χ1n) is 8.63. The van der Waals surface area contributed by atoms with Gasteiger partial charge in [-0.05, 0) is 18.2 Å². The Labute approximate surface area is 187 Å². The van der Waals surface area contributed by atoms with Crippen molar-refractivity contribution in [3.8, 4) is 0 Å². The minimum Gasteiger partial charge on any atom is -0.464 e. The number of oxime groups is 2. The summed E-state index contributed by atoms with van der Waals surface area (Å²) >= 11 is 11.9. The van der Waals surface area contributed by atoms with Gasteiger partial charge in [0.15, 0.2) is 5.71 Å². The molecule has 166 valence electrons. The maximum Gasteiger partial charge on any atom is 0.360 e. The van der Waals surface area contributed by atoms with Gasteiger partial charge in [-0.3, -0.25) is 0 Å². The van der Waals surface area contributed by atoms with E-state index in [4.69, 9.17) is 42.4 Å². The molecule has 2 aromatic rings. The number of carbonyl (C=O) groups is 1. The first-order chi connectivity index (χ1) is 14.8. The second-order valence-electron chi connectivity index (χ2n) is 5.87. The van der Waals surface area contributed by atoms with Crippen molar-refractivity contribution in [1.82, 2.24) is 0 Å². The molecule has 0 amide bonds. The lowest BCUT2D eigenvalue weighted by atomic mass is 10.0. The quantitative estimate of drug-likeness (QED) is 0.306. The van der Waals surface area contributed by atoms with Gasteiger partial charge in [0.2, 0.25) is 0 Å². The Morgan fingerprint density at radius 2 is 1.74 bits per heavy atom. The van der Waals surface area contributed by atoms with Crippen molar-refractivity contribution >= 4 is 40.6 Å². The number of methoxy groups -OCH3 is 2. The van der Waals surface area contributed by atoms with Crippen molar-refractivity contribution in [2.24, 2.45) is 10.3 Å². The maximum atomic E-state index is 14.3. The fourth-order valence-electron chi connectivity index (χ4n) is 2.59. The Balaban J connectivity index is 2.40. The van der Waals surface area contributed by atoms with Crippen molar-refractivity contribution in [3.05, 3.63) is 68.7 Å². The average molecular weight is 475 g/mol. The number of ether oxygens (including phenoxy) is 2. The van der Waals surface area contributed by atoms with Gasteiger partial charge < -0.3 is 19.1 Å². The molecule has 2 rings (SSSR count). The minimum absolute atomic E-state index is 0.107. The number of rotatable bonds is 9. The van der Waals surface area contributed by atoms with Crippen LogP contribution in [0.2, 0.25) is 10.0 Å². The molecule has 0 saturated heterocycles. The van der Waals surface area contributed by atoms with Gasteiger partial charge in [0.1, 0.15) is 31.1 Å². The van der Waals surface area contributed by atoms with Crippen molar-refractivity contribution in [3.63, 3.8) is 0 Å². The highest BCUT2D eigenvalue weighted by Crippen LogP contribution is 2.24. The largest absolute Gasteiger partial charge is 0.464 e. The maximum absolute atomic E-state index is 14.3. The summed E-state index contributed by atoms with van der Waals surface area (Å²) < 4.78 is 38.2. The van der Waals surface area contributed by atoms with Crippen LogP contribution in [0.4, 0.5) is 8.78 Å². The van der Waals surface area contributed by atoms with Gasteiger partial charge in [0, 0.05) is 28.3 Å². The Morgan fingerprint density at radius 1 is 1.06 bits per heavy atom. The van der Waals surface area contributed by atoms with E-state index >= 15 is 0 Å². The molecule has 0 atom stereocenters. The molecule has 0 aliphatic heterocycles. The van der Waals surface area contributed by atoms with E-state index in [1.54, 1.807) is 18.2 Å². The average Bonchev–Trinajstić information content (AvgIpc) is 2.72. The molecule has 0 aliphatic rings. The summed E-state index contributed by atoms with van der Waals surface area (Å²) in [6.45, 7) is -0.512. The van der Waals surface area contributed by atoms with Gasteiger partial charge in [0.25, 0.3) is 0 Å². The van der Waals surface area contributed by atoms with Crippen LogP contribution >= 0.6 is 23.2 Å². The van der Waals surface area contributed by atoms with Crippen LogP contribution in [-0.4, -0.2) is 45.3 Å². The van der Waals surface area contributed by atoms with Crippen LogP contribution < -0.4 is 0 Å². The van der Waals surface area contributed by atoms with Gasteiger partial charge >= 0.3 is 5.97 Å². The third-order valence-corrected chi connectivity index (χ3v) is 4.47. The first kappa shape index (κ1) is 24.5. The lowest BCUT2D eigenvalue weighted by molar-refractivity contribution is -0.132. The van der Waals surface area contributed by atoms with E-state index in [0.717, 1.165) is 12.1 Å². The molecule has 0 spiro atoms. The van der Waals surface area contributed by atoms with E-state index < -0.39 is 23.2 Å². The van der Waals surface area contributed by atoms with E-state index in [0.29, 0.717) is 5.56 Å². The summed E-state index contributed by atoms with van der Waals surface area (Å²) in [5.74, 6) is -2.62. The predicted molar refractivity (Wildman–Crippen MR) is 112 cm³/mol. The lowest BCUT2D eigenvalue weighted by Crippen LogP contribution is -2.20. The van der Waals surface area contributed by atoms with E-state index in [2.05, 4.69) is 10.3 Å². The van der Waals surface area contributed by atoms with Crippen LogP contribution in [0.3, 0.4) is 0 Å². The number of halogens is 4. The van der Waals surface area contributed by atoms with Crippen molar-refractivity contribution < 1.29 is 32.7 Å². The van der Waals surface area contributed by atoms with Gasteiger partial charge in [-0.15, -0.1) is 0 Å². The number of esters is 1. The van der Waals surface area contributed by atoms with Crippen molar-refractivity contribution in [2.75, 3.05) is 27.9 Å². The van der Waals surface area contributed by atoms with Crippen molar-refractivity contribution in [2.45, 2.75) is 6.61 Å². The molecule has 0 bridgehead atoms. The second-order valence-corrected chi connectivity index (χ2v) is 6.71. The topological polar surface area (TPSA) is 78.7 Å². The van der Waals surface area contributed by atoms with E-state index in [1.165, 1.54) is 21.3 Å². The summed E-state index contributed by atoms with van der Waals surface area (Å²) in [7, 11) is 3.78. The molecule has 2 aromatic carbocycles. The highest BCUT2D eigenvalue weighted by Gasteiger charge is 2.22. The van der Waals surface area contributed by atoms with Gasteiger partial charge in [0.05, 0.1) is 19.3 Å². The second kappa shape index (κ2) is 11.6. The fraction of sp³-hybridized carbons (Fsp3) is 0.250. The van der Waals surface area contributed by atoms with E-state index in [1.807, 2.05) is 0 Å². The van der Waals surface area contributed by atoms with Gasteiger partial charge in [-0.1, -0.05) is 45.6 Å². The molecule has 0 N–H and O–H groups in total. The van der Waals surface area contributed by atoms with E-state index in [-0.39, 0.29) is 40.2 Å². The molecule has 11 heteroatoms. The number of nitrogens with zero attached hydrogens (tertiary/aromatic N) is 2. The third kappa shape index (κ3) is 6.13. The summed E-state index contributed by atoms with van der Waals surface area (Å²) in [6.07, 6.45) is 0. The summed E-state index contributed by atoms with van der Waals surface area (Å²) in [4.78, 5) is 22.1. The third-order valence-electron chi connectivity index (χ3n) is 3.90. The first-order valence-corrected chi connectivity index (χ1v) is 9.39. The monoisotopic (exact) mass is 474 g/mol. The minimum atomic E-state index is -0.928. The van der Waals surface area contributed by atoms with Crippen LogP contribution in [0.5, 0.6) is 0 Å². The standard InChI is InChI=1S/C20H18Cl2F2N2O5/c1-28-10-17(18-15(23)7-11(21)8-16(18)24)25-31-9-13-12(5-4-6-14(13)22)19(26-30-3)20(27)29-2/h4-8H,9-10H2,1-3H3/b25-17+,26-19+. The summed E-state index contributed by atoms with van der Waals surface area (Å²) in [5, 5.41) is 7.61. The molecule has 0 aromatic heterocycles. The number of benzene rings is 2. The summed E-state index contributed by atoms with van der Waals surface area (Å²) in [5.41, 5.74) is -0.151. The van der Waals surface area contributed by atoms with Crippen LogP contribution in [0.25, 0.3) is 0 Å².